The molecule has 0 radical (unpaired) electrons. The smallest absolute Gasteiger partial charge is 0.268 e. The maximum absolute atomic E-state index is 13.1. The summed E-state index contributed by atoms with van der Waals surface area (Å²) in [6.45, 7) is 11.8. The highest BCUT2D eigenvalue weighted by Gasteiger charge is 2.21. The number of ether oxygens (including phenoxy) is 2. The average Bonchev–Trinajstić information content (AvgIpc) is 2.92. The maximum Gasteiger partial charge on any atom is 0.268 e. The number of carbonyl (C=O) groups is 1. The minimum atomic E-state index is -0.257. The molecule has 2 aliphatic heterocycles. The lowest BCUT2D eigenvalue weighted by Crippen LogP contribution is -2.45. The average molecular weight is 523 g/mol. The van der Waals surface area contributed by atoms with Crippen molar-refractivity contribution >= 4 is 29.0 Å². The van der Waals surface area contributed by atoms with Crippen molar-refractivity contribution in [3.8, 4) is 17.4 Å². The molecule has 1 aromatic heterocycles. The third kappa shape index (κ3) is 5.95. The summed E-state index contributed by atoms with van der Waals surface area (Å²) in [6, 6.07) is 11.0. The molecule has 194 valence electrons. The van der Waals surface area contributed by atoms with Gasteiger partial charge in [-0.25, -0.2) is 4.98 Å². The largest absolute Gasteiger partial charge is 0.483 e. The number of aromatic nitrogens is 2. The summed E-state index contributed by atoms with van der Waals surface area (Å²) in [6.07, 6.45) is 1.39. The van der Waals surface area contributed by atoms with Crippen molar-refractivity contribution < 1.29 is 14.3 Å². The van der Waals surface area contributed by atoms with Crippen molar-refractivity contribution in [1.82, 2.24) is 19.8 Å². The van der Waals surface area contributed by atoms with Gasteiger partial charge in [-0.2, -0.15) is 4.98 Å². The molecule has 0 spiro atoms. The molecule has 2 aromatic carbocycles. The van der Waals surface area contributed by atoms with Crippen LogP contribution in [0.15, 0.2) is 42.7 Å². The lowest BCUT2D eigenvalue weighted by Gasteiger charge is -2.34. The molecule has 37 heavy (non-hydrogen) atoms. The van der Waals surface area contributed by atoms with Crippen LogP contribution in [0.2, 0.25) is 5.02 Å². The molecule has 1 fully saturated rings. The minimum absolute atomic E-state index is 0.235. The standard InChI is InChI=1S/C27H31ClN6O3/c1-3-33-9-11-34(12-10-33)16-20-4-6-21(14-18(20)2)32-26(35)19-5-7-22(28)23(15-19)37-27-24-25(30-17-31-27)29-8-13-36-24/h4-7,14-15,17H,3,8-13,16H2,1-2H3,(H,32,35)(H,29,30,31). The van der Waals surface area contributed by atoms with Gasteiger partial charge in [0.2, 0.25) is 5.75 Å². The first kappa shape index (κ1) is 25.3. The van der Waals surface area contributed by atoms with Crippen molar-refractivity contribution in [2.24, 2.45) is 0 Å². The molecular formula is C27H31ClN6O3. The number of aryl methyl sites for hydroxylation is 1. The number of hydrogen-bond acceptors (Lipinski definition) is 8. The van der Waals surface area contributed by atoms with Crippen LogP contribution in [0, 0.1) is 6.92 Å². The summed E-state index contributed by atoms with van der Waals surface area (Å²) >= 11 is 6.37. The van der Waals surface area contributed by atoms with Gasteiger partial charge in [0.25, 0.3) is 11.8 Å². The molecule has 5 rings (SSSR count). The number of piperazine rings is 1. The van der Waals surface area contributed by atoms with Gasteiger partial charge in [0.05, 0.1) is 11.6 Å². The second-order valence-corrected chi connectivity index (χ2v) is 9.59. The van der Waals surface area contributed by atoms with E-state index in [1.54, 1.807) is 18.2 Å². The SMILES string of the molecule is CCN1CCN(Cc2ccc(NC(=O)c3ccc(Cl)c(Oc4ncnc5c4OCCN5)c3)cc2C)CC1. The molecule has 9 nitrogen and oxygen atoms in total. The van der Waals surface area contributed by atoms with E-state index >= 15 is 0 Å². The van der Waals surface area contributed by atoms with Crippen molar-refractivity contribution in [2.45, 2.75) is 20.4 Å². The molecule has 2 N–H and O–H groups in total. The second kappa shape index (κ2) is 11.3. The van der Waals surface area contributed by atoms with Crippen molar-refractivity contribution in [2.75, 3.05) is 56.5 Å². The summed E-state index contributed by atoms with van der Waals surface area (Å²) in [5.41, 5.74) is 3.58. The van der Waals surface area contributed by atoms with Crippen molar-refractivity contribution in [3.05, 3.63) is 64.4 Å². The Morgan fingerprint density at radius 2 is 1.95 bits per heavy atom. The summed E-state index contributed by atoms with van der Waals surface area (Å²) in [7, 11) is 0. The minimum Gasteiger partial charge on any atom is -0.483 e. The lowest BCUT2D eigenvalue weighted by molar-refractivity contribution is 0.102. The number of fused-ring (bicyclic) bond motifs is 1. The second-order valence-electron chi connectivity index (χ2n) is 9.18. The van der Waals surface area contributed by atoms with E-state index in [1.165, 1.54) is 11.9 Å². The van der Waals surface area contributed by atoms with E-state index in [9.17, 15) is 4.79 Å². The number of benzene rings is 2. The highest BCUT2D eigenvalue weighted by atomic mass is 35.5. The van der Waals surface area contributed by atoms with E-state index in [-0.39, 0.29) is 11.8 Å². The first-order valence-corrected chi connectivity index (χ1v) is 12.9. The maximum atomic E-state index is 13.1. The van der Waals surface area contributed by atoms with Gasteiger partial charge in [0.1, 0.15) is 18.7 Å². The first-order valence-electron chi connectivity index (χ1n) is 12.5. The van der Waals surface area contributed by atoms with Gasteiger partial charge in [0.15, 0.2) is 5.82 Å². The predicted octanol–water partition coefficient (Wildman–Crippen LogP) is 4.42. The van der Waals surface area contributed by atoms with E-state index in [0.29, 0.717) is 41.1 Å². The zero-order chi connectivity index (χ0) is 25.8. The number of carbonyl (C=O) groups excluding carboxylic acids is 1. The zero-order valence-corrected chi connectivity index (χ0v) is 21.8. The molecule has 2 aliphatic rings. The topological polar surface area (TPSA) is 91.9 Å². The Hall–Kier alpha value is -3.40. The molecule has 10 heteroatoms. The van der Waals surface area contributed by atoms with E-state index in [0.717, 1.165) is 50.5 Å². The number of nitrogens with zero attached hydrogens (tertiary/aromatic N) is 4. The monoisotopic (exact) mass is 522 g/mol. The number of nitrogens with one attached hydrogen (secondary N) is 2. The fraction of sp³-hybridized carbons (Fsp3) is 0.370. The van der Waals surface area contributed by atoms with Crippen LogP contribution in [0.25, 0.3) is 0 Å². The molecule has 0 aliphatic carbocycles. The van der Waals surface area contributed by atoms with Crippen molar-refractivity contribution in [1.29, 1.82) is 0 Å². The van der Waals surface area contributed by atoms with Gasteiger partial charge in [-0.3, -0.25) is 9.69 Å². The molecule has 1 amide bonds. The fourth-order valence-electron chi connectivity index (χ4n) is 4.49. The Morgan fingerprint density at radius 1 is 1.14 bits per heavy atom. The normalized spacial score (nSPS) is 15.9. The Kier molecular flexibility index (Phi) is 7.73. The molecule has 0 saturated carbocycles. The third-order valence-electron chi connectivity index (χ3n) is 6.72. The van der Waals surface area contributed by atoms with Crippen LogP contribution < -0.4 is 20.1 Å². The fourth-order valence-corrected chi connectivity index (χ4v) is 4.65. The number of likely N-dealkylation sites (N-methyl/N-ethyl adjacent to an activating group) is 1. The van der Waals surface area contributed by atoms with E-state index in [4.69, 9.17) is 21.1 Å². The van der Waals surface area contributed by atoms with Gasteiger partial charge >= 0.3 is 0 Å². The number of halogens is 1. The highest BCUT2D eigenvalue weighted by molar-refractivity contribution is 6.32. The summed E-state index contributed by atoms with van der Waals surface area (Å²) in [5, 5.41) is 6.48. The van der Waals surface area contributed by atoms with E-state index in [2.05, 4.69) is 50.3 Å². The summed E-state index contributed by atoms with van der Waals surface area (Å²) in [5.74, 6) is 1.26. The van der Waals surface area contributed by atoms with Crippen LogP contribution in [-0.2, 0) is 6.54 Å². The molecule has 3 aromatic rings. The van der Waals surface area contributed by atoms with Gasteiger partial charge < -0.3 is 25.0 Å². The molecular weight excluding hydrogens is 492 g/mol. The van der Waals surface area contributed by atoms with Gasteiger partial charge in [-0.05, 0) is 54.9 Å². The van der Waals surface area contributed by atoms with Crippen LogP contribution in [0.5, 0.6) is 17.4 Å². The molecule has 0 atom stereocenters. The number of amides is 1. The van der Waals surface area contributed by atoms with Crippen molar-refractivity contribution in [3.63, 3.8) is 0 Å². The quantitative estimate of drug-likeness (QED) is 0.471. The summed E-state index contributed by atoms with van der Waals surface area (Å²) < 4.78 is 11.6. The predicted molar refractivity (Wildman–Crippen MR) is 144 cm³/mol. The van der Waals surface area contributed by atoms with Crippen LogP contribution >= 0.6 is 11.6 Å². The van der Waals surface area contributed by atoms with Crippen LogP contribution in [0.4, 0.5) is 11.5 Å². The molecule has 1 saturated heterocycles. The van der Waals surface area contributed by atoms with E-state index in [1.807, 2.05) is 12.1 Å². The van der Waals surface area contributed by atoms with Gasteiger partial charge in [-0.1, -0.05) is 24.6 Å². The zero-order valence-electron chi connectivity index (χ0n) is 21.1. The number of rotatable bonds is 7. The Labute approximate surface area is 221 Å². The van der Waals surface area contributed by atoms with Crippen LogP contribution in [0.1, 0.15) is 28.4 Å². The number of anilines is 2. The highest BCUT2D eigenvalue weighted by Crippen LogP contribution is 2.38. The summed E-state index contributed by atoms with van der Waals surface area (Å²) in [4.78, 5) is 26.3. The van der Waals surface area contributed by atoms with Gasteiger partial charge in [0, 0.05) is 44.0 Å². The van der Waals surface area contributed by atoms with E-state index < -0.39 is 0 Å². The van der Waals surface area contributed by atoms with Crippen LogP contribution in [0.3, 0.4) is 0 Å². The first-order chi connectivity index (χ1) is 18.0. The molecule has 3 heterocycles. The lowest BCUT2D eigenvalue weighted by atomic mass is 10.1. The Morgan fingerprint density at radius 3 is 2.73 bits per heavy atom. The Bertz CT molecular complexity index is 1280. The Balaban J connectivity index is 1.25. The third-order valence-corrected chi connectivity index (χ3v) is 7.03. The molecule has 0 bridgehead atoms. The number of hydrogen-bond donors (Lipinski definition) is 2. The van der Waals surface area contributed by atoms with Crippen LogP contribution in [-0.4, -0.2) is 71.6 Å². The van der Waals surface area contributed by atoms with Gasteiger partial charge in [-0.15, -0.1) is 0 Å². The molecule has 0 unspecified atom stereocenters.